The highest BCUT2D eigenvalue weighted by molar-refractivity contribution is 8.00. The van der Waals surface area contributed by atoms with Gasteiger partial charge >= 0.3 is 11.0 Å². The number of aromatic amines is 1. The van der Waals surface area contributed by atoms with Crippen molar-refractivity contribution < 1.29 is 37.0 Å². The molecule has 3 heterocycles. The fourth-order valence-electron chi connectivity index (χ4n) is 5.32. The smallest absolute Gasteiger partial charge is 0.416 e. The second kappa shape index (κ2) is 11.5. The molecule has 226 valence electrons. The molecule has 9 nitrogen and oxygen atoms in total. The number of nitrogens with zero attached hydrogens (tertiary/aromatic N) is 1. The van der Waals surface area contributed by atoms with Gasteiger partial charge in [0.05, 0.1) is 29.3 Å². The second-order valence-corrected chi connectivity index (χ2v) is 12.1. The topological polar surface area (TPSA) is 118 Å². The molecule has 0 spiro atoms. The molecule has 0 unspecified atom stereocenters. The average molecular weight is 642 g/mol. The standard InChI is InChI=1S/C30H22F3N3O6S2/c1-41-18-11-9-17(10-12-18)36-27(38)23-22(24-26(35-29(40)44-24)43-25(23)28(36)39)19-7-2-3-8-20(19)42-14-21(37)34-16-6-4-5-15(13-16)30(31,32)33/h2-13,22-23,25H,14H2,1H3,(H,34,37)(H,35,40)/t22-,23-,25+/m0/s1. The van der Waals surface area contributed by atoms with E-state index in [0.29, 0.717) is 26.9 Å². The van der Waals surface area contributed by atoms with E-state index >= 15 is 0 Å². The Bertz CT molecular complexity index is 1820. The number of hydrogen-bond donors (Lipinski definition) is 2. The number of halogens is 3. The summed E-state index contributed by atoms with van der Waals surface area (Å²) >= 11 is 2.05. The molecule has 0 bridgehead atoms. The van der Waals surface area contributed by atoms with Gasteiger partial charge in [0.2, 0.25) is 11.8 Å². The Morgan fingerprint density at radius 2 is 1.75 bits per heavy atom. The fraction of sp³-hybridized carbons (Fsp3) is 0.200. The number of thioether (sulfide) groups is 1. The third-order valence-corrected chi connectivity index (χ3v) is 9.64. The number of aromatic nitrogens is 1. The molecule has 1 fully saturated rings. The Morgan fingerprint density at radius 3 is 2.48 bits per heavy atom. The zero-order chi connectivity index (χ0) is 31.2. The summed E-state index contributed by atoms with van der Waals surface area (Å²) in [6, 6.07) is 17.4. The summed E-state index contributed by atoms with van der Waals surface area (Å²) in [6.07, 6.45) is -4.57. The van der Waals surface area contributed by atoms with E-state index in [9.17, 15) is 32.3 Å². The third kappa shape index (κ3) is 5.46. The summed E-state index contributed by atoms with van der Waals surface area (Å²) in [5, 5.41) is 2.03. The number of methoxy groups -OCH3 is 1. The second-order valence-electron chi connectivity index (χ2n) is 9.91. The van der Waals surface area contributed by atoms with Gasteiger partial charge in [-0.1, -0.05) is 47.4 Å². The van der Waals surface area contributed by atoms with Crippen molar-refractivity contribution in [1.82, 2.24) is 4.98 Å². The van der Waals surface area contributed by atoms with Gasteiger partial charge in [-0.3, -0.25) is 19.2 Å². The predicted molar refractivity (Wildman–Crippen MR) is 157 cm³/mol. The van der Waals surface area contributed by atoms with Crippen molar-refractivity contribution in [2.24, 2.45) is 5.92 Å². The maximum Gasteiger partial charge on any atom is 0.416 e. The van der Waals surface area contributed by atoms with E-state index in [-0.39, 0.29) is 16.3 Å². The summed E-state index contributed by atoms with van der Waals surface area (Å²) in [4.78, 5) is 56.9. The van der Waals surface area contributed by atoms with Crippen molar-refractivity contribution >= 4 is 52.2 Å². The van der Waals surface area contributed by atoms with Crippen molar-refractivity contribution in [2.45, 2.75) is 22.4 Å². The van der Waals surface area contributed by atoms with Crippen molar-refractivity contribution in [3.63, 3.8) is 0 Å². The van der Waals surface area contributed by atoms with Crippen LogP contribution in [0.5, 0.6) is 11.5 Å². The lowest BCUT2D eigenvalue weighted by atomic mass is 9.82. The number of carbonyl (C=O) groups is 3. The van der Waals surface area contributed by atoms with Gasteiger partial charge in [0.25, 0.3) is 5.91 Å². The number of anilines is 2. The summed E-state index contributed by atoms with van der Waals surface area (Å²) in [7, 11) is 1.50. The highest BCUT2D eigenvalue weighted by Gasteiger charge is 2.56. The number of H-pyrrole nitrogens is 1. The monoisotopic (exact) mass is 641 g/mol. The minimum Gasteiger partial charge on any atom is -0.497 e. The lowest BCUT2D eigenvalue weighted by Gasteiger charge is -2.30. The van der Waals surface area contributed by atoms with Gasteiger partial charge in [-0.2, -0.15) is 13.2 Å². The molecule has 1 saturated heterocycles. The molecule has 1 aromatic heterocycles. The van der Waals surface area contributed by atoms with Crippen LogP contribution >= 0.6 is 23.1 Å². The highest BCUT2D eigenvalue weighted by Crippen LogP contribution is 2.54. The summed E-state index contributed by atoms with van der Waals surface area (Å²) in [6.45, 7) is -0.552. The fourth-order valence-corrected chi connectivity index (χ4v) is 7.83. The van der Waals surface area contributed by atoms with Gasteiger partial charge < -0.3 is 19.8 Å². The normalized spacial score (nSPS) is 19.4. The number of amides is 3. The minimum atomic E-state index is -4.57. The molecule has 3 amide bonds. The molecule has 0 radical (unpaired) electrons. The number of alkyl halides is 3. The van der Waals surface area contributed by atoms with E-state index in [0.717, 1.165) is 40.1 Å². The first-order chi connectivity index (χ1) is 21.0. The Kier molecular flexibility index (Phi) is 7.72. The Hall–Kier alpha value is -4.56. The van der Waals surface area contributed by atoms with E-state index in [1.54, 1.807) is 48.5 Å². The number of carbonyl (C=O) groups excluding carboxylic acids is 3. The number of hydrogen-bond acceptors (Lipinski definition) is 8. The molecule has 6 rings (SSSR count). The molecular formula is C30H22F3N3O6S2. The third-order valence-electron chi connectivity index (χ3n) is 7.24. The van der Waals surface area contributed by atoms with Crippen LogP contribution in [-0.2, 0) is 20.6 Å². The molecule has 4 aromatic rings. The van der Waals surface area contributed by atoms with Crippen molar-refractivity contribution in [3.8, 4) is 11.5 Å². The number of rotatable bonds is 7. The molecule has 2 aliphatic heterocycles. The van der Waals surface area contributed by atoms with Gasteiger partial charge in [-0.25, -0.2) is 4.90 Å². The molecular weight excluding hydrogens is 619 g/mol. The van der Waals surface area contributed by atoms with Crippen molar-refractivity contribution in [2.75, 3.05) is 23.9 Å². The number of nitrogens with one attached hydrogen (secondary N) is 2. The first-order valence-electron chi connectivity index (χ1n) is 13.2. The number of thiazole rings is 1. The molecule has 0 aliphatic carbocycles. The van der Waals surface area contributed by atoms with Gasteiger partial charge in [0.15, 0.2) is 6.61 Å². The van der Waals surface area contributed by atoms with Crippen LogP contribution in [0, 0.1) is 5.92 Å². The number of fused-ring (bicyclic) bond motifs is 2. The van der Waals surface area contributed by atoms with Crippen LogP contribution in [-0.4, -0.2) is 41.7 Å². The molecule has 2 N–H and O–H groups in total. The van der Waals surface area contributed by atoms with E-state index < -0.39 is 53.2 Å². The zero-order valence-corrected chi connectivity index (χ0v) is 24.3. The summed E-state index contributed by atoms with van der Waals surface area (Å²) in [5.41, 5.74) is -0.109. The Labute approximate surface area is 256 Å². The zero-order valence-electron chi connectivity index (χ0n) is 22.7. The van der Waals surface area contributed by atoms with E-state index in [1.165, 1.54) is 19.2 Å². The lowest BCUT2D eigenvalue weighted by molar-refractivity contribution is -0.137. The molecule has 14 heteroatoms. The Balaban J connectivity index is 1.30. The van der Waals surface area contributed by atoms with E-state index in [4.69, 9.17) is 9.47 Å². The Morgan fingerprint density at radius 1 is 1.00 bits per heavy atom. The first-order valence-corrected chi connectivity index (χ1v) is 14.8. The average Bonchev–Trinajstić information content (AvgIpc) is 3.50. The summed E-state index contributed by atoms with van der Waals surface area (Å²) < 4.78 is 50.3. The minimum absolute atomic E-state index is 0.0516. The lowest BCUT2D eigenvalue weighted by Crippen LogP contribution is -2.32. The van der Waals surface area contributed by atoms with E-state index in [2.05, 4.69) is 10.3 Å². The van der Waals surface area contributed by atoms with Crippen LogP contribution in [0.4, 0.5) is 24.5 Å². The molecule has 44 heavy (non-hydrogen) atoms. The van der Waals surface area contributed by atoms with Crippen LogP contribution in [0.1, 0.15) is 21.9 Å². The molecule has 3 aromatic carbocycles. The number of imide groups is 1. The maximum absolute atomic E-state index is 14.0. The molecule has 3 atom stereocenters. The quantitative estimate of drug-likeness (QED) is 0.264. The largest absolute Gasteiger partial charge is 0.497 e. The van der Waals surface area contributed by atoms with Gasteiger partial charge in [-0.05, 0) is 48.5 Å². The first kappa shape index (κ1) is 29.5. The molecule has 2 aliphatic rings. The summed E-state index contributed by atoms with van der Waals surface area (Å²) in [5.74, 6) is -2.47. The SMILES string of the molecule is COc1ccc(N2C(=O)[C@H]3[C@H](c4ccccc4OCC(=O)Nc4cccc(C(F)(F)F)c4)c4sc(=O)[nH]c4S[C@H]3C2=O)cc1. The van der Waals surface area contributed by atoms with E-state index in [1.807, 2.05) is 0 Å². The van der Waals surface area contributed by atoms with Crippen LogP contribution in [0.15, 0.2) is 82.6 Å². The van der Waals surface area contributed by atoms with Crippen molar-refractivity contribution in [3.05, 3.63) is 98.5 Å². The molecule has 0 saturated carbocycles. The van der Waals surface area contributed by atoms with Crippen LogP contribution in [0.3, 0.4) is 0 Å². The van der Waals surface area contributed by atoms with Crippen LogP contribution < -0.4 is 24.6 Å². The van der Waals surface area contributed by atoms with Crippen molar-refractivity contribution in [1.29, 1.82) is 0 Å². The van der Waals surface area contributed by atoms with Crippen LogP contribution in [0.2, 0.25) is 0 Å². The predicted octanol–water partition coefficient (Wildman–Crippen LogP) is 5.28. The van der Waals surface area contributed by atoms with Crippen LogP contribution in [0.25, 0.3) is 0 Å². The van der Waals surface area contributed by atoms with Gasteiger partial charge in [0, 0.05) is 22.0 Å². The number of para-hydroxylation sites is 1. The maximum atomic E-state index is 14.0. The number of benzene rings is 3. The van der Waals surface area contributed by atoms with Gasteiger partial charge in [-0.15, -0.1) is 0 Å². The van der Waals surface area contributed by atoms with Gasteiger partial charge in [0.1, 0.15) is 16.7 Å². The highest BCUT2D eigenvalue weighted by atomic mass is 32.2. The number of ether oxygens (including phenoxy) is 2.